The van der Waals surface area contributed by atoms with Crippen LogP contribution in [0.2, 0.25) is 0 Å². The molecule has 0 aliphatic heterocycles. The molecule has 2 aromatic heterocycles. The number of hydrogen-bond acceptors (Lipinski definition) is 1. The first-order valence-corrected chi connectivity index (χ1v) is 15.7. The van der Waals surface area contributed by atoms with Crippen LogP contribution in [-0.4, -0.2) is 56.9 Å². The Morgan fingerprint density at radius 1 is 0.727 bits per heavy atom. The van der Waals surface area contributed by atoms with E-state index in [9.17, 15) is 0 Å². The van der Waals surface area contributed by atoms with Crippen LogP contribution in [0.5, 0.6) is 0 Å². The van der Waals surface area contributed by atoms with Gasteiger partial charge >= 0.3 is 45.5 Å². The normalized spacial score (nSPS) is 11.5. The zero-order chi connectivity index (χ0) is 31.0. The van der Waals surface area contributed by atoms with Crippen LogP contribution in [0.4, 0.5) is 0 Å². The Morgan fingerprint density at radius 3 is 1.93 bits per heavy atom. The first-order chi connectivity index (χ1) is 20.6. The van der Waals surface area contributed by atoms with Crippen molar-refractivity contribution in [2.24, 2.45) is 4.99 Å². The van der Waals surface area contributed by atoms with Gasteiger partial charge in [-0.3, -0.25) is 4.99 Å². The molecule has 0 aliphatic carbocycles. The first-order valence-electron chi connectivity index (χ1n) is 15.7. The van der Waals surface area contributed by atoms with Crippen molar-refractivity contribution in [1.29, 1.82) is 0 Å². The van der Waals surface area contributed by atoms with Crippen LogP contribution >= 0.6 is 0 Å². The quantitative estimate of drug-likeness (QED) is 0.103. The number of fused-ring (bicyclic) bond motifs is 4. The molecule has 0 saturated carbocycles. The second-order valence-corrected chi connectivity index (χ2v) is 12.2. The van der Waals surface area contributed by atoms with Gasteiger partial charge in [0.25, 0.3) is 0 Å². The molecule has 4 aromatic carbocycles. The third-order valence-electron chi connectivity index (χ3n) is 8.88. The van der Waals surface area contributed by atoms with Gasteiger partial charge in [0.1, 0.15) is 0 Å². The minimum atomic E-state index is 0. The summed E-state index contributed by atoms with van der Waals surface area (Å²) < 4.78 is 2.43. The predicted octanol–water partition coefficient (Wildman–Crippen LogP) is 10.7. The molecule has 0 unspecified atom stereocenters. The minimum Gasteiger partial charge on any atom is -0.365 e. The molecule has 0 fully saturated rings. The third-order valence-corrected chi connectivity index (χ3v) is 8.88. The van der Waals surface area contributed by atoms with Crippen LogP contribution in [0, 0.1) is 48.5 Å². The summed E-state index contributed by atoms with van der Waals surface area (Å²) in [6.07, 6.45) is 2.64. The number of pyridine rings is 1. The molecule has 6 aromatic rings. The predicted molar refractivity (Wildman–Crippen MR) is 194 cm³/mol. The molecular weight excluding hydrogens is 608 g/mol. The van der Waals surface area contributed by atoms with E-state index < -0.39 is 0 Å². The van der Waals surface area contributed by atoms with E-state index in [1.54, 1.807) is 0 Å². The topological polar surface area (TPSA) is 16.8 Å². The number of unbranched alkanes of at least 4 members (excludes halogenated alkanes) is 1. The smallest absolute Gasteiger partial charge is 0.365 e. The second-order valence-electron chi connectivity index (χ2n) is 12.2. The monoisotopic (exact) mass is 654 g/mol. The Morgan fingerprint density at radius 2 is 1.34 bits per heavy atom. The summed E-state index contributed by atoms with van der Waals surface area (Å²) in [6, 6.07) is 27.2. The molecule has 0 radical (unpaired) electrons. The maximum absolute atomic E-state index is 4.99. The molecular formula is C41H46N2Sr. The van der Waals surface area contributed by atoms with Crippen LogP contribution in [0.1, 0.15) is 65.6 Å². The Bertz CT molecular complexity index is 2030. The molecule has 6 rings (SSSR count). The summed E-state index contributed by atoms with van der Waals surface area (Å²) in [5.74, 6) is 0. The average molecular weight is 654 g/mol. The number of rotatable bonds is 3. The van der Waals surface area contributed by atoms with E-state index in [1.165, 1.54) is 101 Å². The average Bonchev–Trinajstić information content (AvgIpc) is 2.97. The van der Waals surface area contributed by atoms with Crippen molar-refractivity contribution in [3.8, 4) is 22.4 Å². The van der Waals surface area contributed by atoms with Crippen molar-refractivity contribution in [3.63, 3.8) is 0 Å². The van der Waals surface area contributed by atoms with E-state index in [4.69, 9.17) is 4.99 Å². The van der Waals surface area contributed by atoms with E-state index in [0.717, 1.165) is 5.49 Å². The van der Waals surface area contributed by atoms with Crippen LogP contribution < -0.4 is 5.49 Å². The van der Waals surface area contributed by atoms with Crippen molar-refractivity contribution in [3.05, 3.63) is 117 Å². The minimum absolute atomic E-state index is 0. The summed E-state index contributed by atoms with van der Waals surface area (Å²) in [5.41, 5.74) is 16.2. The number of nitrogens with zero attached hydrogens (tertiary/aromatic N) is 2. The first kappa shape index (κ1) is 34.2. The zero-order valence-electron chi connectivity index (χ0n) is 28.4. The molecule has 2 heterocycles. The molecule has 2 bridgehead atoms. The van der Waals surface area contributed by atoms with Gasteiger partial charge in [0, 0.05) is 12.6 Å². The zero-order valence-corrected chi connectivity index (χ0v) is 31.9. The van der Waals surface area contributed by atoms with Gasteiger partial charge in [-0.15, -0.1) is 11.5 Å². The molecule has 0 N–H and O–H groups in total. The summed E-state index contributed by atoms with van der Waals surface area (Å²) >= 11 is 0. The van der Waals surface area contributed by atoms with Crippen LogP contribution in [0.25, 0.3) is 49.4 Å². The number of hydrogen-bond donors (Lipinski definition) is 0. The van der Waals surface area contributed by atoms with Crippen molar-refractivity contribution in [1.82, 2.24) is 4.40 Å². The molecule has 0 spiro atoms. The van der Waals surface area contributed by atoms with Gasteiger partial charge in [-0.2, -0.15) is 6.07 Å². The van der Waals surface area contributed by atoms with Crippen molar-refractivity contribution in [2.75, 3.05) is 7.05 Å². The molecule has 44 heavy (non-hydrogen) atoms. The summed E-state index contributed by atoms with van der Waals surface area (Å²) in [4.78, 5) is 4.99. The maximum atomic E-state index is 4.99. The van der Waals surface area contributed by atoms with E-state index in [2.05, 4.69) is 140 Å². The third kappa shape index (κ3) is 6.09. The van der Waals surface area contributed by atoms with Gasteiger partial charge in [-0.25, -0.2) is 22.6 Å². The van der Waals surface area contributed by atoms with Gasteiger partial charge in [-0.05, 0) is 74.4 Å². The van der Waals surface area contributed by atoms with E-state index in [0.29, 0.717) is 0 Å². The largest absolute Gasteiger partial charge is 2.00 e. The number of aryl methyl sites for hydroxylation is 7. The van der Waals surface area contributed by atoms with E-state index in [-0.39, 0.29) is 45.5 Å². The van der Waals surface area contributed by atoms with Gasteiger partial charge in [0.15, 0.2) is 0 Å². The Hall–Kier alpha value is -2.69. The molecule has 3 heteroatoms. The molecule has 222 valence electrons. The Balaban J connectivity index is 0.000000834. The molecule has 0 atom stereocenters. The van der Waals surface area contributed by atoms with Crippen molar-refractivity contribution in [2.45, 2.75) is 75.2 Å². The van der Waals surface area contributed by atoms with Crippen LogP contribution in [0.15, 0.2) is 77.8 Å². The summed E-state index contributed by atoms with van der Waals surface area (Å²) in [7, 11) is 1.93. The fraction of sp³-hybridized carbons (Fsp3) is 0.293. The molecule has 0 amide bonds. The molecule has 0 aliphatic rings. The van der Waals surface area contributed by atoms with Crippen LogP contribution in [-0.2, 0) is 0 Å². The van der Waals surface area contributed by atoms with Gasteiger partial charge in [0.2, 0.25) is 0 Å². The van der Waals surface area contributed by atoms with Crippen molar-refractivity contribution < 1.29 is 0 Å². The van der Waals surface area contributed by atoms with Gasteiger partial charge in [-0.1, -0.05) is 116 Å². The summed E-state index contributed by atoms with van der Waals surface area (Å²) in [6.45, 7) is 19.9. The fourth-order valence-corrected chi connectivity index (χ4v) is 6.89. The molecule has 0 saturated heterocycles. The fourth-order valence-electron chi connectivity index (χ4n) is 6.89. The number of benzene rings is 4. The standard InChI is InChI=1S/C37H36N2.C4H10.Sr/c1-21-17-25(5)34(26(6)18-21)36-27(7)19-24(4)29-13-10-14-30-31-20-28(33-22(2)11-9-12-23(33)3)15-16-32(31)39(36)37(38-8)35(29)30;1-3-4-2;/h9-20H,1-8H3;3-4H2,1-2H3;/q-2;;+2. The van der Waals surface area contributed by atoms with Crippen molar-refractivity contribution >= 4 is 72.5 Å². The molecule has 2 nitrogen and oxygen atoms in total. The summed E-state index contributed by atoms with van der Waals surface area (Å²) in [5, 5.41) is 4.96. The Labute approximate surface area is 301 Å². The van der Waals surface area contributed by atoms with Gasteiger partial charge in [0.05, 0.1) is 5.49 Å². The van der Waals surface area contributed by atoms with E-state index >= 15 is 0 Å². The second kappa shape index (κ2) is 14.2. The van der Waals surface area contributed by atoms with E-state index in [1.807, 2.05) is 7.05 Å². The SMILES string of the molecule is CCCC.CN=c1c2c3cccc2[c-](C)[cH-]c(C)c(-c2c(C)cc(C)cc2C)n1c1ccc(-c2c(C)cccc2C)cc31.[Sr+2]. The maximum Gasteiger partial charge on any atom is 2.00 e. The van der Waals surface area contributed by atoms with Gasteiger partial charge < -0.3 is 4.40 Å². The van der Waals surface area contributed by atoms with Crippen LogP contribution in [0.3, 0.4) is 0 Å². The number of aromatic nitrogens is 1. The Kier molecular flexibility index (Phi) is 11.0.